The average Bonchev–Trinajstić information content (AvgIpc) is 3.07. The lowest BCUT2D eigenvalue weighted by Crippen LogP contribution is -2.38. The third kappa shape index (κ3) is 4.46. The zero-order valence-corrected chi connectivity index (χ0v) is 15.8. The monoisotopic (exact) mass is 399 g/mol. The predicted molar refractivity (Wildman–Crippen MR) is 99.5 cm³/mol. The number of nitrogens with zero attached hydrogens (tertiary/aromatic N) is 4. The van der Waals surface area contributed by atoms with Crippen molar-refractivity contribution in [1.29, 1.82) is 0 Å². The van der Waals surface area contributed by atoms with E-state index in [0.29, 0.717) is 30.6 Å². The highest BCUT2D eigenvalue weighted by atomic mass is 35.5. The Kier molecular flexibility index (Phi) is 6.33. The van der Waals surface area contributed by atoms with Gasteiger partial charge in [0.15, 0.2) is 5.16 Å². The number of rotatable bonds is 6. The molecule has 140 valence electrons. The third-order valence-electron chi connectivity index (χ3n) is 3.84. The Morgan fingerprint density at radius 3 is 2.85 bits per heavy atom. The smallest absolute Gasteiger partial charge is 0.234 e. The van der Waals surface area contributed by atoms with Crippen LogP contribution in [-0.4, -0.2) is 52.7 Å². The summed E-state index contributed by atoms with van der Waals surface area (Å²) in [5.74, 6) is 0.210. The van der Waals surface area contributed by atoms with Crippen molar-refractivity contribution in [2.45, 2.75) is 18.6 Å². The summed E-state index contributed by atoms with van der Waals surface area (Å²) in [5.41, 5.74) is 0.452. The fourth-order valence-electron chi connectivity index (χ4n) is 2.56. The Balaban J connectivity index is 1.61. The van der Waals surface area contributed by atoms with Crippen LogP contribution >= 0.6 is 23.4 Å². The van der Waals surface area contributed by atoms with Gasteiger partial charge in [-0.3, -0.25) is 9.36 Å². The summed E-state index contributed by atoms with van der Waals surface area (Å²) in [5, 5.41) is 11.8. The van der Waals surface area contributed by atoms with Crippen molar-refractivity contribution >= 4 is 40.9 Å². The molecule has 2 aromatic rings. The van der Waals surface area contributed by atoms with Crippen molar-refractivity contribution in [2.24, 2.45) is 0 Å². The number of aromatic nitrogens is 3. The quantitative estimate of drug-likeness (QED) is 0.753. The van der Waals surface area contributed by atoms with Gasteiger partial charge < -0.3 is 15.0 Å². The molecule has 0 saturated carbocycles. The van der Waals surface area contributed by atoms with Crippen LogP contribution in [0.1, 0.15) is 6.92 Å². The van der Waals surface area contributed by atoms with Gasteiger partial charge >= 0.3 is 0 Å². The summed E-state index contributed by atoms with van der Waals surface area (Å²) in [7, 11) is 0. The third-order valence-corrected chi connectivity index (χ3v) is 5.10. The van der Waals surface area contributed by atoms with Crippen molar-refractivity contribution in [3.63, 3.8) is 0 Å². The van der Waals surface area contributed by atoms with E-state index in [1.54, 1.807) is 0 Å². The topological polar surface area (TPSA) is 72.3 Å². The second kappa shape index (κ2) is 8.70. The average molecular weight is 400 g/mol. The number of hydrogen-bond donors (Lipinski definition) is 1. The second-order valence-electron chi connectivity index (χ2n) is 5.59. The van der Waals surface area contributed by atoms with E-state index in [1.807, 2.05) is 11.5 Å². The Morgan fingerprint density at radius 2 is 2.15 bits per heavy atom. The lowest BCUT2D eigenvalue weighted by Gasteiger charge is -2.27. The van der Waals surface area contributed by atoms with Gasteiger partial charge in [0.05, 0.1) is 24.0 Å². The molecule has 1 aliphatic rings. The summed E-state index contributed by atoms with van der Waals surface area (Å²) in [6, 6.07) is 4.06. The van der Waals surface area contributed by atoms with Gasteiger partial charge in [-0.15, -0.1) is 10.2 Å². The molecule has 0 bridgehead atoms. The first-order valence-corrected chi connectivity index (χ1v) is 9.58. The summed E-state index contributed by atoms with van der Waals surface area (Å²) < 4.78 is 20.5. The number of ether oxygens (including phenoxy) is 1. The minimum atomic E-state index is -0.522. The van der Waals surface area contributed by atoms with Crippen molar-refractivity contribution in [1.82, 2.24) is 14.8 Å². The molecule has 0 unspecified atom stereocenters. The largest absolute Gasteiger partial charge is 0.378 e. The Labute approximate surface area is 159 Å². The van der Waals surface area contributed by atoms with E-state index in [0.717, 1.165) is 19.0 Å². The summed E-state index contributed by atoms with van der Waals surface area (Å²) in [6.07, 6.45) is 0. The van der Waals surface area contributed by atoms with Crippen LogP contribution in [0.3, 0.4) is 0 Å². The van der Waals surface area contributed by atoms with E-state index in [-0.39, 0.29) is 16.7 Å². The first kappa shape index (κ1) is 18.9. The van der Waals surface area contributed by atoms with E-state index < -0.39 is 5.82 Å². The number of halogens is 2. The van der Waals surface area contributed by atoms with Gasteiger partial charge in [0, 0.05) is 25.3 Å². The number of amides is 1. The molecule has 0 atom stereocenters. The van der Waals surface area contributed by atoms with E-state index in [1.165, 1.54) is 30.0 Å². The van der Waals surface area contributed by atoms with Crippen molar-refractivity contribution in [3.8, 4) is 0 Å². The van der Waals surface area contributed by atoms with Gasteiger partial charge in [0.25, 0.3) is 0 Å². The first-order chi connectivity index (χ1) is 12.6. The molecule has 0 aliphatic carbocycles. The number of carbonyl (C=O) groups excluding carboxylic acids is 1. The number of anilines is 2. The van der Waals surface area contributed by atoms with E-state index in [4.69, 9.17) is 16.3 Å². The van der Waals surface area contributed by atoms with E-state index in [2.05, 4.69) is 20.4 Å². The van der Waals surface area contributed by atoms with Gasteiger partial charge in [0.2, 0.25) is 11.9 Å². The molecule has 2 heterocycles. The molecule has 1 N–H and O–H groups in total. The van der Waals surface area contributed by atoms with Crippen LogP contribution in [-0.2, 0) is 16.1 Å². The minimum Gasteiger partial charge on any atom is -0.378 e. The number of morpholine rings is 1. The Hall–Kier alpha value is -1.84. The van der Waals surface area contributed by atoms with Crippen LogP contribution in [0.4, 0.5) is 16.0 Å². The zero-order chi connectivity index (χ0) is 18.5. The van der Waals surface area contributed by atoms with Crippen molar-refractivity contribution in [2.75, 3.05) is 42.3 Å². The molecule has 7 nitrogen and oxygen atoms in total. The molecule has 1 aliphatic heterocycles. The molecule has 1 amide bonds. The number of nitrogens with one attached hydrogen (secondary N) is 1. The molecule has 1 fully saturated rings. The van der Waals surface area contributed by atoms with Gasteiger partial charge in [-0.2, -0.15) is 0 Å². The molecular formula is C16H19ClFN5O2S. The highest BCUT2D eigenvalue weighted by Gasteiger charge is 2.20. The van der Waals surface area contributed by atoms with Gasteiger partial charge in [0.1, 0.15) is 5.82 Å². The van der Waals surface area contributed by atoms with Crippen LogP contribution in [0.25, 0.3) is 0 Å². The Morgan fingerprint density at radius 1 is 1.38 bits per heavy atom. The maximum atomic E-state index is 13.2. The lowest BCUT2D eigenvalue weighted by molar-refractivity contribution is -0.113. The summed E-state index contributed by atoms with van der Waals surface area (Å²) in [6.45, 7) is 5.60. The maximum absolute atomic E-state index is 13.2. The summed E-state index contributed by atoms with van der Waals surface area (Å²) >= 11 is 7.02. The van der Waals surface area contributed by atoms with Gasteiger partial charge in [-0.25, -0.2) is 4.39 Å². The van der Waals surface area contributed by atoms with Crippen molar-refractivity contribution in [3.05, 3.63) is 29.0 Å². The van der Waals surface area contributed by atoms with Crippen LogP contribution in [0.2, 0.25) is 5.02 Å². The van der Waals surface area contributed by atoms with E-state index in [9.17, 15) is 9.18 Å². The molecule has 26 heavy (non-hydrogen) atoms. The fraction of sp³-hybridized carbons (Fsp3) is 0.438. The number of benzene rings is 1. The standard InChI is InChI=1S/C16H19ClFN5O2S/c1-2-23-15(22-5-7-25-8-6-22)20-21-16(23)26-10-14(24)19-11-3-4-13(18)12(17)9-11/h3-4,9H,2,5-8,10H2,1H3,(H,19,24). The molecule has 1 aromatic carbocycles. The molecule has 1 saturated heterocycles. The van der Waals surface area contributed by atoms with Crippen LogP contribution < -0.4 is 10.2 Å². The van der Waals surface area contributed by atoms with Crippen LogP contribution in [0, 0.1) is 5.82 Å². The SMILES string of the molecule is CCn1c(SCC(=O)Nc2ccc(F)c(Cl)c2)nnc1N1CCOCC1. The molecule has 10 heteroatoms. The molecule has 0 radical (unpaired) electrons. The molecular weight excluding hydrogens is 381 g/mol. The molecule has 3 rings (SSSR count). The second-order valence-corrected chi connectivity index (χ2v) is 6.94. The highest BCUT2D eigenvalue weighted by Crippen LogP contribution is 2.23. The summed E-state index contributed by atoms with van der Waals surface area (Å²) in [4.78, 5) is 14.3. The predicted octanol–water partition coefficient (Wildman–Crippen LogP) is 2.66. The maximum Gasteiger partial charge on any atom is 0.234 e. The van der Waals surface area contributed by atoms with Crippen molar-refractivity contribution < 1.29 is 13.9 Å². The van der Waals surface area contributed by atoms with Crippen LogP contribution in [0.15, 0.2) is 23.4 Å². The normalized spacial score (nSPS) is 14.5. The number of hydrogen-bond acceptors (Lipinski definition) is 6. The van der Waals surface area contributed by atoms with Crippen LogP contribution in [0.5, 0.6) is 0 Å². The number of carbonyl (C=O) groups is 1. The Bertz CT molecular complexity index is 782. The zero-order valence-electron chi connectivity index (χ0n) is 14.2. The molecule has 1 aromatic heterocycles. The molecule has 0 spiro atoms. The number of thioether (sulfide) groups is 1. The van der Waals surface area contributed by atoms with Gasteiger partial charge in [-0.1, -0.05) is 23.4 Å². The minimum absolute atomic E-state index is 0.0312. The first-order valence-electron chi connectivity index (χ1n) is 8.22. The highest BCUT2D eigenvalue weighted by molar-refractivity contribution is 7.99. The van der Waals surface area contributed by atoms with E-state index >= 15 is 0 Å². The van der Waals surface area contributed by atoms with Gasteiger partial charge in [-0.05, 0) is 25.1 Å². The lowest BCUT2D eigenvalue weighted by atomic mass is 10.3. The fourth-order valence-corrected chi connectivity index (χ4v) is 3.54.